The maximum atomic E-state index is 12.6. The van der Waals surface area contributed by atoms with Gasteiger partial charge in [-0.05, 0) is 42.2 Å². The third-order valence-corrected chi connectivity index (χ3v) is 6.20. The lowest BCUT2D eigenvalue weighted by atomic mass is 9.98. The summed E-state index contributed by atoms with van der Waals surface area (Å²) in [4.78, 5) is 4.86. The highest BCUT2D eigenvalue weighted by Gasteiger charge is 2.21. The first kappa shape index (κ1) is 17.7. The average Bonchev–Trinajstić information content (AvgIpc) is 3.17. The molecule has 0 spiro atoms. The largest absolute Gasteiger partial charge is 0.444 e. The van der Waals surface area contributed by atoms with Gasteiger partial charge in [0.2, 0.25) is 15.9 Å². The Labute approximate surface area is 158 Å². The number of hydrogen-bond donors (Lipinski definition) is 1. The minimum atomic E-state index is -3.49. The molecule has 2 aromatic carbocycles. The molecule has 0 unspecified atom stereocenters. The normalized spacial score (nSPS) is 13.9. The Hall–Kier alpha value is -2.70. The molecule has 3 aromatic rings. The standard InChI is InChI=1S/C21H20N2O3S/c24-27(25,20-11-10-16-6-4-5-9-18(16)14-20)22-13-12-19-15-26-21(23-19)17-7-2-1-3-8-17/h1-9,14-15,22H,10-13H2. The Bertz CT molecular complexity index is 1070. The second-order valence-corrected chi connectivity index (χ2v) is 8.29. The monoisotopic (exact) mass is 380 g/mol. The molecule has 27 heavy (non-hydrogen) atoms. The van der Waals surface area contributed by atoms with Crippen molar-refractivity contribution in [1.29, 1.82) is 0 Å². The van der Waals surface area contributed by atoms with Gasteiger partial charge in [-0.15, -0.1) is 0 Å². The van der Waals surface area contributed by atoms with Crippen molar-refractivity contribution >= 4 is 16.1 Å². The second-order valence-electron chi connectivity index (χ2n) is 6.47. The van der Waals surface area contributed by atoms with E-state index in [9.17, 15) is 8.42 Å². The predicted molar refractivity (Wildman–Crippen MR) is 105 cm³/mol. The number of rotatable bonds is 6. The van der Waals surface area contributed by atoms with Crippen molar-refractivity contribution < 1.29 is 12.8 Å². The molecule has 6 heteroatoms. The van der Waals surface area contributed by atoms with Crippen LogP contribution in [0.5, 0.6) is 0 Å². The van der Waals surface area contributed by atoms with Crippen molar-refractivity contribution in [2.75, 3.05) is 6.54 Å². The molecule has 0 amide bonds. The molecule has 1 aromatic heterocycles. The molecule has 138 valence electrons. The number of nitrogens with one attached hydrogen (secondary N) is 1. The van der Waals surface area contributed by atoms with Gasteiger partial charge in [-0.1, -0.05) is 42.5 Å². The third-order valence-electron chi connectivity index (χ3n) is 4.60. The zero-order chi connectivity index (χ0) is 18.7. The number of allylic oxidation sites excluding steroid dienone is 1. The van der Waals surface area contributed by atoms with E-state index in [1.165, 1.54) is 5.56 Å². The topological polar surface area (TPSA) is 72.2 Å². The first-order valence-corrected chi connectivity index (χ1v) is 10.4. The summed E-state index contributed by atoms with van der Waals surface area (Å²) in [5, 5.41) is 0. The van der Waals surface area contributed by atoms with Crippen LogP contribution in [0.3, 0.4) is 0 Å². The van der Waals surface area contributed by atoms with Crippen molar-refractivity contribution in [1.82, 2.24) is 9.71 Å². The van der Waals surface area contributed by atoms with Gasteiger partial charge < -0.3 is 4.42 Å². The van der Waals surface area contributed by atoms with Crippen molar-refractivity contribution in [3.63, 3.8) is 0 Å². The van der Waals surface area contributed by atoms with E-state index in [2.05, 4.69) is 9.71 Å². The molecule has 1 N–H and O–H groups in total. The van der Waals surface area contributed by atoms with Crippen LogP contribution >= 0.6 is 0 Å². The lowest BCUT2D eigenvalue weighted by molar-refractivity contribution is 0.571. The highest BCUT2D eigenvalue weighted by atomic mass is 32.2. The molecular formula is C21H20N2O3S. The SMILES string of the molecule is O=S(=O)(NCCc1coc(-c2ccccc2)n1)C1=Cc2ccccc2CC1. The van der Waals surface area contributed by atoms with Crippen LogP contribution < -0.4 is 4.72 Å². The van der Waals surface area contributed by atoms with Gasteiger partial charge in [-0.3, -0.25) is 0 Å². The molecule has 0 fully saturated rings. The van der Waals surface area contributed by atoms with Crippen LogP contribution in [-0.4, -0.2) is 19.9 Å². The molecule has 0 aliphatic heterocycles. The minimum absolute atomic E-state index is 0.280. The number of nitrogens with zero attached hydrogens (tertiary/aromatic N) is 1. The summed E-state index contributed by atoms with van der Waals surface area (Å²) in [6.07, 6.45) is 5.08. The summed E-state index contributed by atoms with van der Waals surface area (Å²) in [6, 6.07) is 17.5. The maximum absolute atomic E-state index is 12.6. The van der Waals surface area contributed by atoms with Gasteiger partial charge in [-0.25, -0.2) is 18.1 Å². The molecule has 0 saturated heterocycles. The van der Waals surface area contributed by atoms with Crippen molar-refractivity contribution in [2.45, 2.75) is 19.3 Å². The van der Waals surface area contributed by atoms with Gasteiger partial charge in [-0.2, -0.15) is 0 Å². The zero-order valence-corrected chi connectivity index (χ0v) is 15.6. The fraction of sp³-hybridized carbons (Fsp3) is 0.190. The molecule has 0 saturated carbocycles. The maximum Gasteiger partial charge on any atom is 0.236 e. The van der Waals surface area contributed by atoms with E-state index in [1.807, 2.05) is 54.6 Å². The Morgan fingerprint density at radius 2 is 1.78 bits per heavy atom. The van der Waals surface area contributed by atoms with E-state index < -0.39 is 10.0 Å². The van der Waals surface area contributed by atoms with Gasteiger partial charge in [0.1, 0.15) is 6.26 Å². The number of oxazole rings is 1. The van der Waals surface area contributed by atoms with Crippen LogP contribution in [0.2, 0.25) is 0 Å². The Morgan fingerprint density at radius 1 is 1.00 bits per heavy atom. The van der Waals surface area contributed by atoms with Gasteiger partial charge in [0.15, 0.2) is 0 Å². The first-order chi connectivity index (χ1) is 13.1. The highest BCUT2D eigenvalue weighted by Crippen LogP contribution is 2.26. The molecule has 0 bridgehead atoms. The molecule has 1 aliphatic rings. The Kier molecular flexibility index (Phi) is 4.92. The Balaban J connectivity index is 1.39. The van der Waals surface area contributed by atoms with Crippen molar-refractivity contribution in [3.05, 3.63) is 82.6 Å². The van der Waals surface area contributed by atoms with E-state index in [1.54, 1.807) is 12.3 Å². The quantitative estimate of drug-likeness (QED) is 0.706. The number of sulfonamides is 1. The van der Waals surface area contributed by atoms with Crippen molar-refractivity contribution in [3.8, 4) is 11.5 Å². The van der Waals surface area contributed by atoms with Crippen LogP contribution in [0.1, 0.15) is 23.2 Å². The number of aromatic nitrogens is 1. The summed E-state index contributed by atoms with van der Waals surface area (Å²) in [7, 11) is -3.49. The fourth-order valence-electron chi connectivity index (χ4n) is 3.16. The molecular weight excluding hydrogens is 360 g/mol. The van der Waals surface area contributed by atoms with E-state index in [0.29, 0.717) is 23.6 Å². The summed E-state index contributed by atoms with van der Waals surface area (Å²) >= 11 is 0. The first-order valence-electron chi connectivity index (χ1n) is 8.90. The van der Waals surface area contributed by atoms with E-state index in [-0.39, 0.29) is 6.54 Å². The van der Waals surface area contributed by atoms with Gasteiger partial charge in [0.05, 0.1) is 10.6 Å². The molecule has 4 rings (SSSR count). The smallest absolute Gasteiger partial charge is 0.236 e. The van der Waals surface area contributed by atoms with Crippen LogP contribution in [-0.2, 0) is 22.9 Å². The average molecular weight is 380 g/mol. The number of hydrogen-bond acceptors (Lipinski definition) is 4. The zero-order valence-electron chi connectivity index (χ0n) is 14.8. The number of benzene rings is 2. The number of aryl methyl sites for hydroxylation is 1. The van der Waals surface area contributed by atoms with Gasteiger partial charge >= 0.3 is 0 Å². The van der Waals surface area contributed by atoms with Crippen LogP contribution in [0, 0.1) is 0 Å². The van der Waals surface area contributed by atoms with Gasteiger partial charge in [0.25, 0.3) is 0 Å². The lowest BCUT2D eigenvalue weighted by Crippen LogP contribution is -2.28. The van der Waals surface area contributed by atoms with Crippen molar-refractivity contribution in [2.24, 2.45) is 0 Å². The fourth-order valence-corrected chi connectivity index (χ4v) is 4.37. The van der Waals surface area contributed by atoms with Crippen LogP contribution in [0.15, 0.2) is 70.2 Å². The summed E-state index contributed by atoms with van der Waals surface area (Å²) in [5.74, 6) is 0.542. The summed E-state index contributed by atoms with van der Waals surface area (Å²) in [5.41, 5.74) is 3.79. The summed E-state index contributed by atoms with van der Waals surface area (Å²) < 4.78 is 33.3. The Morgan fingerprint density at radius 3 is 2.63 bits per heavy atom. The third kappa shape index (κ3) is 4.02. The second kappa shape index (κ2) is 7.50. The number of fused-ring (bicyclic) bond motifs is 1. The molecule has 1 aliphatic carbocycles. The van der Waals surface area contributed by atoms with E-state index in [4.69, 9.17) is 4.42 Å². The summed E-state index contributed by atoms with van der Waals surface area (Å²) in [6.45, 7) is 0.280. The lowest BCUT2D eigenvalue weighted by Gasteiger charge is -2.16. The van der Waals surface area contributed by atoms with Crippen LogP contribution in [0.25, 0.3) is 17.5 Å². The molecule has 0 radical (unpaired) electrons. The molecule has 5 nitrogen and oxygen atoms in total. The highest BCUT2D eigenvalue weighted by molar-refractivity contribution is 7.93. The minimum Gasteiger partial charge on any atom is -0.444 e. The van der Waals surface area contributed by atoms with E-state index >= 15 is 0 Å². The van der Waals surface area contributed by atoms with Gasteiger partial charge in [0, 0.05) is 18.5 Å². The molecule has 0 atom stereocenters. The molecule has 1 heterocycles. The predicted octanol–water partition coefficient (Wildman–Crippen LogP) is 3.79. The van der Waals surface area contributed by atoms with Crippen LogP contribution in [0.4, 0.5) is 0 Å². The van der Waals surface area contributed by atoms with E-state index in [0.717, 1.165) is 23.2 Å².